The second-order valence-corrected chi connectivity index (χ2v) is 7.29. The fourth-order valence-corrected chi connectivity index (χ4v) is 3.43. The predicted octanol–water partition coefficient (Wildman–Crippen LogP) is 1.83. The van der Waals surface area contributed by atoms with Crippen LogP contribution in [0.4, 0.5) is 10.5 Å². The van der Waals surface area contributed by atoms with Crippen molar-refractivity contribution in [1.82, 2.24) is 15.6 Å². The maximum atomic E-state index is 12.3. The van der Waals surface area contributed by atoms with Gasteiger partial charge in [-0.3, -0.25) is 9.78 Å². The number of amides is 3. The summed E-state index contributed by atoms with van der Waals surface area (Å²) in [6.07, 6.45) is 2.16. The molecular weight excluding hydrogens is 400 g/mol. The van der Waals surface area contributed by atoms with Gasteiger partial charge in [0.1, 0.15) is 11.9 Å². The van der Waals surface area contributed by atoms with Gasteiger partial charge in [0.05, 0.1) is 44.5 Å². The van der Waals surface area contributed by atoms with E-state index in [-0.39, 0.29) is 37.1 Å². The number of aliphatic hydroxyl groups is 1. The Kier molecular flexibility index (Phi) is 8.19. The first kappa shape index (κ1) is 22.5. The number of hydrogen-bond acceptors (Lipinski definition) is 6. The molecule has 31 heavy (non-hydrogen) atoms. The van der Waals surface area contributed by atoms with Crippen LogP contribution in [0.2, 0.25) is 0 Å². The number of rotatable bonds is 8. The number of pyridine rings is 1. The second-order valence-electron chi connectivity index (χ2n) is 7.29. The van der Waals surface area contributed by atoms with Crippen molar-refractivity contribution in [1.29, 1.82) is 0 Å². The third kappa shape index (κ3) is 6.94. The molecule has 1 aliphatic heterocycles. The van der Waals surface area contributed by atoms with Gasteiger partial charge >= 0.3 is 6.03 Å². The van der Waals surface area contributed by atoms with E-state index in [9.17, 15) is 14.7 Å². The molecule has 0 bridgehead atoms. The Hall–Kier alpha value is -3.17. The van der Waals surface area contributed by atoms with Crippen LogP contribution in [0.15, 0.2) is 48.7 Å². The van der Waals surface area contributed by atoms with Crippen LogP contribution in [0.1, 0.15) is 25.0 Å². The summed E-state index contributed by atoms with van der Waals surface area (Å²) >= 11 is 0. The highest BCUT2D eigenvalue weighted by atomic mass is 16.5. The van der Waals surface area contributed by atoms with E-state index in [0.29, 0.717) is 30.8 Å². The van der Waals surface area contributed by atoms with Crippen molar-refractivity contribution >= 4 is 17.6 Å². The molecule has 2 aromatic rings. The van der Waals surface area contributed by atoms with E-state index in [2.05, 4.69) is 20.9 Å². The standard InChI is InChI=1S/C22H28N4O5/c1-30-17-7-5-15(6-8-17)25-22(29)26-19-10-9-18(31-20(19)14-27)12-21(28)24-13-16-4-2-3-11-23-16/h2-8,11,18-20,27H,9-10,12-14H2,1H3,(H,24,28)(H2,25,26,29)/t18-,19-,20+/m1/s1. The molecule has 1 saturated heterocycles. The normalized spacial score (nSPS) is 20.5. The van der Waals surface area contributed by atoms with E-state index < -0.39 is 6.10 Å². The molecule has 1 aromatic carbocycles. The van der Waals surface area contributed by atoms with Crippen LogP contribution in [0.5, 0.6) is 5.75 Å². The van der Waals surface area contributed by atoms with E-state index in [1.54, 1.807) is 37.6 Å². The third-order valence-corrected chi connectivity index (χ3v) is 5.07. The van der Waals surface area contributed by atoms with Gasteiger partial charge in [-0.25, -0.2) is 4.79 Å². The number of urea groups is 1. The topological polar surface area (TPSA) is 122 Å². The summed E-state index contributed by atoms with van der Waals surface area (Å²) in [7, 11) is 1.57. The number of benzene rings is 1. The molecule has 0 aliphatic carbocycles. The first-order chi connectivity index (χ1) is 15.1. The van der Waals surface area contributed by atoms with Crippen LogP contribution in [-0.4, -0.2) is 54.0 Å². The number of carbonyl (C=O) groups excluding carboxylic acids is 2. The zero-order valence-electron chi connectivity index (χ0n) is 17.4. The van der Waals surface area contributed by atoms with Crippen molar-refractivity contribution in [3.8, 4) is 5.75 Å². The monoisotopic (exact) mass is 428 g/mol. The van der Waals surface area contributed by atoms with E-state index in [1.807, 2.05) is 18.2 Å². The molecule has 0 spiro atoms. The predicted molar refractivity (Wildman–Crippen MR) is 115 cm³/mol. The number of anilines is 1. The SMILES string of the molecule is COc1ccc(NC(=O)N[C@@H]2CC[C@H](CC(=O)NCc3ccccn3)O[C@H]2CO)cc1. The van der Waals surface area contributed by atoms with Crippen LogP contribution in [-0.2, 0) is 16.1 Å². The zero-order valence-corrected chi connectivity index (χ0v) is 17.4. The van der Waals surface area contributed by atoms with Crippen molar-refractivity contribution < 1.29 is 24.2 Å². The van der Waals surface area contributed by atoms with Crippen molar-refractivity contribution in [2.24, 2.45) is 0 Å². The molecule has 3 atom stereocenters. The average molecular weight is 428 g/mol. The summed E-state index contributed by atoms with van der Waals surface area (Å²) < 4.78 is 11.0. The molecular formula is C22H28N4O5. The lowest BCUT2D eigenvalue weighted by molar-refractivity contribution is -0.130. The first-order valence-corrected chi connectivity index (χ1v) is 10.2. The highest BCUT2D eigenvalue weighted by molar-refractivity contribution is 5.89. The number of aliphatic hydroxyl groups excluding tert-OH is 1. The van der Waals surface area contributed by atoms with Gasteiger partial charge < -0.3 is 30.5 Å². The Labute approximate surface area is 181 Å². The summed E-state index contributed by atoms with van der Waals surface area (Å²) in [5.41, 5.74) is 1.40. The molecule has 4 N–H and O–H groups in total. The van der Waals surface area contributed by atoms with Crippen LogP contribution in [0.25, 0.3) is 0 Å². The minimum atomic E-state index is -0.580. The van der Waals surface area contributed by atoms with Gasteiger partial charge in [0.2, 0.25) is 5.91 Å². The number of ether oxygens (including phenoxy) is 2. The molecule has 9 heteroatoms. The van der Waals surface area contributed by atoms with Gasteiger partial charge in [-0.2, -0.15) is 0 Å². The molecule has 166 valence electrons. The lowest BCUT2D eigenvalue weighted by Crippen LogP contribution is -2.52. The van der Waals surface area contributed by atoms with Crippen molar-refractivity contribution in [3.63, 3.8) is 0 Å². The van der Waals surface area contributed by atoms with Gasteiger partial charge in [-0.1, -0.05) is 6.07 Å². The Morgan fingerprint density at radius 2 is 2.00 bits per heavy atom. The number of nitrogens with zero attached hydrogens (tertiary/aromatic N) is 1. The van der Waals surface area contributed by atoms with Crippen molar-refractivity contribution in [3.05, 3.63) is 54.4 Å². The maximum Gasteiger partial charge on any atom is 0.319 e. The lowest BCUT2D eigenvalue weighted by Gasteiger charge is -2.35. The second kappa shape index (κ2) is 11.3. The van der Waals surface area contributed by atoms with E-state index in [4.69, 9.17) is 9.47 Å². The largest absolute Gasteiger partial charge is 0.497 e. The maximum absolute atomic E-state index is 12.3. The van der Waals surface area contributed by atoms with Crippen LogP contribution < -0.4 is 20.7 Å². The van der Waals surface area contributed by atoms with Crippen LogP contribution in [0, 0.1) is 0 Å². The average Bonchev–Trinajstić information content (AvgIpc) is 2.80. The quantitative estimate of drug-likeness (QED) is 0.509. The molecule has 0 unspecified atom stereocenters. The minimum Gasteiger partial charge on any atom is -0.497 e. The van der Waals surface area contributed by atoms with E-state index in [1.165, 1.54) is 0 Å². The molecule has 3 rings (SSSR count). The van der Waals surface area contributed by atoms with Gasteiger partial charge in [-0.05, 0) is 49.2 Å². The zero-order chi connectivity index (χ0) is 22.1. The van der Waals surface area contributed by atoms with Crippen LogP contribution >= 0.6 is 0 Å². The fourth-order valence-electron chi connectivity index (χ4n) is 3.43. The summed E-state index contributed by atoms with van der Waals surface area (Å²) in [5, 5.41) is 18.1. The Bertz CT molecular complexity index is 847. The minimum absolute atomic E-state index is 0.143. The summed E-state index contributed by atoms with van der Waals surface area (Å²) in [4.78, 5) is 28.7. The summed E-state index contributed by atoms with van der Waals surface area (Å²) in [6, 6.07) is 11.8. The first-order valence-electron chi connectivity index (χ1n) is 10.2. The third-order valence-electron chi connectivity index (χ3n) is 5.07. The van der Waals surface area contributed by atoms with E-state index in [0.717, 1.165) is 5.69 Å². The van der Waals surface area contributed by atoms with Gasteiger partial charge in [-0.15, -0.1) is 0 Å². The molecule has 0 radical (unpaired) electrons. The fraction of sp³-hybridized carbons (Fsp3) is 0.409. The highest BCUT2D eigenvalue weighted by Gasteiger charge is 2.32. The summed E-state index contributed by atoms with van der Waals surface area (Å²) in [6.45, 7) is 0.102. The lowest BCUT2D eigenvalue weighted by atomic mass is 9.97. The van der Waals surface area contributed by atoms with Crippen molar-refractivity contribution in [2.75, 3.05) is 19.0 Å². The molecule has 0 saturated carbocycles. The van der Waals surface area contributed by atoms with Crippen molar-refractivity contribution in [2.45, 2.75) is 44.1 Å². The van der Waals surface area contributed by atoms with Gasteiger partial charge in [0, 0.05) is 11.9 Å². The van der Waals surface area contributed by atoms with Crippen LogP contribution in [0.3, 0.4) is 0 Å². The number of carbonyl (C=O) groups is 2. The molecule has 9 nitrogen and oxygen atoms in total. The molecule has 1 fully saturated rings. The number of methoxy groups -OCH3 is 1. The Morgan fingerprint density at radius 1 is 1.19 bits per heavy atom. The number of nitrogens with one attached hydrogen (secondary N) is 3. The highest BCUT2D eigenvalue weighted by Crippen LogP contribution is 2.22. The number of hydrogen-bond donors (Lipinski definition) is 4. The smallest absolute Gasteiger partial charge is 0.319 e. The Balaban J connectivity index is 1.43. The summed E-state index contributed by atoms with van der Waals surface area (Å²) in [5.74, 6) is 0.554. The molecule has 2 heterocycles. The number of aromatic nitrogens is 1. The molecule has 3 amide bonds. The van der Waals surface area contributed by atoms with E-state index >= 15 is 0 Å². The molecule has 1 aliphatic rings. The molecule has 1 aromatic heterocycles. The van der Waals surface area contributed by atoms with Gasteiger partial charge in [0.15, 0.2) is 0 Å². The van der Waals surface area contributed by atoms with Gasteiger partial charge in [0.25, 0.3) is 0 Å². The Morgan fingerprint density at radius 3 is 2.68 bits per heavy atom.